The van der Waals surface area contributed by atoms with Gasteiger partial charge in [0.15, 0.2) is 0 Å². The first kappa shape index (κ1) is 23.0. The highest BCUT2D eigenvalue weighted by atomic mass is 35.5. The molecule has 0 amide bonds. The number of piperidine rings is 1. The van der Waals surface area contributed by atoms with E-state index in [9.17, 15) is 0 Å². The van der Waals surface area contributed by atoms with E-state index < -0.39 is 0 Å². The largest absolute Gasteiger partial charge is 0.432 e. The Hall–Kier alpha value is -1.33. The number of rotatable bonds is 5. The van der Waals surface area contributed by atoms with E-state index in [1.54, 1.807) is 0 Å². The number of hydrogen-bond acceptors (Lipinski definition) is 3. The van der Waals surface area contributed by atoms with Crippen LogP contribution >= 0.6 is 36.2 Å². The van der Waals surface area contributed by atoms with Gasteiger partial charge in [-0.05, 0) is 86.9 Å². The van der Waals surface area contributed by atoms with Crippen molar-refractivity contribution >= 4 is 41.4 Å². The molecule has 0 atom stereocenters. The average molecular weight is 439 g/mol. The van der Waals surface area contributed by atoms with Crippen molar-refractivity contribution in [2.24, 2.45) is 5.92 Å². The van der Waals surface area contributed by atoms with E-state index in [0.29, 0.717) is 16.1 Å². The Labute approximate surface area is 185 Å². The molecule has 152 valence electrons. The van der Waals surface area contributed by atoms with Gasteiger partial charge in [0.05, 0.1) is 0 Å². The minimum Gasteiger partial charge on any atom is -0.432 e. The lowest BCUT2D eigenvalue weighted by molar-refractivity contribution is 0.242. The SMILES string of the molecule is CN(C)Cc1ccc(CC2CCN(C(=S)Oc3ccc(Cl)cc3)CC2)cc1.Cl. The van der Waals surface area contributed by atoms with Gasteiger partial charge < -0.3 is 14.5 Å². The molecule has 3 nitrogen and oxygen atoms in total. The number of benzene rings is 2. The molecule has 0 unspecified atom stereocenters. The Morgan fingerprint density at radius 2 is 1.61 bits per heavy atom. The Bertz CT molecular complexity index is 742. The van der Waals surface area contributed by atoms with Gasteiger partial charge in [-0.15, -0.1) is 12.4 Å². The zero-order valence-electron chi connectivity index (χ0n) is 16.4. The van der Waals surface area contributed by atoms with Crippen molar-refractivity contribution in [1.29, 1.82) is 0 Å². The van der Waals surface area contributed by atoms with Crippen LogP contribution in [0.4, 0.5) is 0 Å². The summed E-state index contributed by atoms with van der Waals surface area (Å²) in [6, 6.07) is 16.4. The lowest BCUT2D eigenvalue weighted by atomic mass is 9.90. The maximum Gasteiger partial charge on any atom is 0.264 e. The molecule has 1 aliphatic heterocycles. The fourth-order valence-electron chi connectivity index (χ4n) is 3.47. The number of hydrogen-bond donors (Lipinski definition) is 0. The summed E-state index contributed by atoms with van der Waals surface area (Å²) in [7, 11) is 4.20. The molecule has 0 radical (unpaired) electrons. The molecule has 0 aliphatic carbocycles. The van der Waals surface area contributed by atoms with Gasteiger partial charge in [0.1, 0.15) is 5.75 Å². The van der Waals surface area contributed by atoms with Crippen LogP contribution < -0.4 is 4.74 Å². The molecule has 28 heavy (non-hydrogen) atoms. The van der Waals surface area contributed by atoms with Crippen LogP contribution in [0.2, 0.25) is 5.02 Å². The number of thiocarbonyl (C=S) groups is 1. The van der Waals surface area contributed by atoms with Crippen LogP contribution in [-0.2, 0) is 13.0 Å². The quantitative estimate of drug-likeness (QED) is 0.576. The molecule has 1 saturated heterocycles. The number of likely N-dealkylation sites (tertiary alicyclic amines) is 1. The molecule has 0 bridgehead atoms. The standard InChI is InChI=1S/C22H27ClN2OS.ClH/c1-24(2)16-19-5-3-17(4-6-19)15-18-11-13-25(14-12-18)22(27)26-21-9-7-20(23)8-10-21;/h3-10,18H,11-16H2,1-2H3;1H. The second-order valence-corrected chi connectivity index (χ2v) is 8.30. The van der Waals surface area contributed by atoms with Gasteiger partial charge in [0.2, 0.25) is 0 Å². The highest BCUT2D eigenvalue weighted by Crippen LogP contribution is 2.23. The first-order valence-corrected chi connectivity index (χ1v) is 10.2. The van der Waals surface area contributed by atoms with Crippen LogP contribution in [0, 0.1) is 5.92 Å². The average Bonchev–Trinajstić information content (AvgIpc) is 2.65. The zero-order valence-corrected chi connectivity index (χ0v) is 18.8. The van der Waals surface area contributed by atoms with Crippen molar-refractivity contribution in [2.75, 3.05) is 27.2 Å². The normalized spacial score (nSPS) is 14.6. The van der Waals surface area contributed by atoms with Crippen molar-refractivity contribution in [3.8, 4) is 5.75 Å². The fourth-order valence-corrected chi connectivity index (χ4v) is 3.87. The summed E-state index contributed by atoms with van der Waals surface area (Å²) in [5.41, 5.74) is 2.79. The predicted octanol–water partition coefficient (Wildman–Crippen LogP) is 5.44. The van der Waals surface area contributed by atoms with Gasteiger partial charge in [-0.25, -0.2) is 0 Å². The van der Waals surface area contributed by atoms with Crippen LogP contribution in [0.3, 0.4) is 0 Å². The Morgan fingerprint density at radius 1 is 1.04 bits per heavy atom. The Morgan fingerprint density at radius 3 is 2.18 bits per heavy atom. The van der Waals surface area contributed by atoms with Crippen LogP contribution in [0.5, 0.6) is 5.75 Å². The van der Waals surface area contributed by atoms with Gasteiger partial charge in [0.25, 0.3) is 5.17 Å². The Kier molecular flexibility index (Phi) is 9.03. The van der Waals surface area contributed by atoms with E-state index in [0.717, 1.165) is 44.6 Å². The van der Waals surface area contributed by atoms with E-state index in [1.165, 1.54) is 11.1 Å². The monoisotopic (exact) mass is 438 g/mol. The molecule has 1 fully saturated rings. The predicted molar refractivity (Wildman–Crippen MR) is 124 cm³/mol. The van der Waals surface area contributed by atoms with Crippen molar-refractivity contribution in [2.45, 2.75) is 25.8 Å². The van der Waals surface area contributed by atoms with E-state index in [4.69, 9.17) is 28.6 Å². The summed E-state index contributed by atoms with van der Waals surface area (Å²) < 4.78 is 5.80. The molecule has 0 aromatic heterocycles. The first-order chi connectivity index (χ1) is 13.0. The second-order valence-electron chi connectivity index (χ2n) is 7.51. The van der Waals surface area contributed by atoms with Crippen molar-refractivity contribution in [3.05, 3.63) is 64.7 Å². The Balaban J connectivity index is 0.00000280. The van der Waals surface area contributed by atoms with Gasteiger partial charge in [0, 0.05) is 24.7 Å². The third-order valence-corrected chi connectivity index (χ3v) is 5.53. The highest BCUT2D eigenvalue weighted by molar-refractivity contribution is 7.80. The zero-order chi connectivity index (χ0) is 19.2. The van der Waals surface area contributed by atoms with E-state index in [1.807, 2.05) is 24.3 Å². The summed E-state index contributed by atoms with van der Waals surface area (Å²) >= 11 is 11.4. The summed E-state index contributed by atoms with van der Waals surface area (Å²) in [4.78, 5) is 4.36. The number of nitrogens with zero attached hydrogens (tertiary/aromatic N) is 2. The van der Waals surface area contributed by atoms with Gasteiger partial charge in [-0.3, -0.25) is 0 Å². The molecule has 1 aliphatic rings. The van der Waals surface area contributed by atoms with Gasteiger partial charge in [-0.2, -0.15) is 0 Å². The summed E-state index contributed by atoms with van der Waals surface area (Å²) in [6.07, 6.45) is 3.42. The first-order valence-electron chi connectivity index (χ1n) is 9.44. The molecule has 1 heterocycles. The summed E-state index contributed by atoms with van der Waals surface area (Å²) in [6.45, 7) is 2.90. The molecular weight excluding hydrogens is 411 g/mol. The minimum absolute atomic E-state index is 0. The molecule has 6 heteroatoms. The second kappa shape index (κ2) is 11.0. The van der Waals surface area contributed by atoms with Crippen LogP contribution in [-0.4, -0.2) is 42.2 Å². The molecule has 2 aromatic carbocycles. The van der Waals surface area contributed by atoms with E-state index >= 15 is 0 Å². The lowest BCUT2D eigenvalue weighted by Crippen LogP contribution is -2.40. The van der Waals surface area contributed by atoms with Crippen molar-refractivity contribution in [3.63, 3.8) is 0 Å². The van der Waals surface area contributed by atoms with Crippen LogP contribution in [0.25, 0.3) is 0 Å². The van der Waals surface area contributed by atoms with Gasteiger partial charge in [-0.1, -0.05) is 35.9 Å². The van der Waals surface area contributed by atoms with Crippen molar-refractivity contribution < 1.29 is 4.74 Å². The van der Waals surface area contributed by atoms with Crippen LogP contribution in [0.1, 0.15) is 24.0 Å². The molecule has 2 aromatic rings. The third kappa shape index (κ3) is 6.93. The summed E-state index contributed by atoms with van der Waals surface area (Å²) in [5, 5.41) is 1.26. The maximum absolute atomic E-state index is 5.91. The molecular formula is C22H28Cl2N2OS. The van der Waals surface area contributed by atoms with Gasteiger partial charge >= 0.3 is 0 Å². The third-order valence-electron chi connectivity index (χ3n) is 4.94. The van der Waals surface area contributed by atoms with Crippen molar-refractivity contribution in [1.82, 2.24) is 9.80 Å². The maximum atomic E-state index is 5.91. The molecule has 0 N–H and O–H groups in total. The lowest BCUT2D eigenvalue weighted by Gasteiger charge is -2.33. The fraction of sp³-hybridized carbons (Fsp3) is 0.409. The topological polar surface area (TPSA) is 15.7 Å². The van der Waals surface area contributed by atoms with E-state index in [2.05, 4.69) is 48.2 Å². The molecule has 0 spiro atoms. The number of ether oxygens (including phenoxy) is 1. The minimum atomic E-state index is 0. The number of halogens is 2. The van der Waals surface area contributed by atoms with Crippen LogP contribution in [0.15, 0.2) is 48.5 Å². The molecule has 3 rings (SSSR count). The summed E-state index contributed by atoms with van der Waals surface area (Å²) in [5.74, 6) is 1.45. The van der Waals surface area contributed by atoms with E-state index in [-0.39, 0.29) is 12.4 Å². The highest BCUT2D eigenvalue weighted by Gasteiger charge is 2.22. The smallest absolute Gasteiger partial charge is 0.264 e. The molecule has 0 saturated carbocycles.